The number of hydrogen-bond donors (Lipinski definition) is 3. The molecule has 72 heavy (non-hydrogen) atoms. The average Bonchev–Trinajstić information content (AvgIpc) is 4.09. The van der Waals surface area contributed by atoms with Crippen LogP contribution >= 0.6 is 0 Å². The molecule has 2 saturated heterocycles. The molecule has 2 aromatic heterocycles. The second-order valence-corrected chi connectivity index (χ2v) is 20.1. The number of hydrogen-bond acceptors (Lipinski definition) is 13. The maximum Gasteiger partial charge on any atom is 0.319 e. The molecule has 2 atom stereocenters. The zero-order chi connectivity index (χ0) is 50.7. The minimum atomic E-state index is -0.800. The summed E-state index contributed by atoms with van der Waals surface area (Å²) in [5, 5.41) is 18.0. The van der Waals surface area contributed by atoms with Gasteiger partial charge in [0.2, 0.25) is 12.3 Å². The fourth-order valence-corrected chi connectivity index (χ4v) is 11.1. The number of phenols is 1. The van der Waals surface area contributed by atoms with Crippen LogP contribution in [0.2, 0.25) is 0 Å². The second kappa shape index (κ2) is 21.7. The van der Waals surface area contributed by atoms with Crippen molar-refractivity contribution < 1.29 is 33.0 Å². The van der Waals surface area contributed by atoms with E-state index in [-0.39, 0.29) is 46.5 Å². The number of anilines is 2. The zero-order valence-electron chi connectivity index (χ0n) is 41.9. The SMILES string of the molecule is C#Cc1cccc2cc(O)cc(-c3ncc4c(N(CC)CC(CC)NC)nc(OCC5(CN6CCN(CC7CCN(c8cc9c(cc8F)C(=O)N(C(CCC)C(=O)NC=O)C9)CC7)CC6)CC5)nc4c3F)c12. The summed E-state index contributed by atoms with van der Waals surface area (Å²) in [5.41, 5.74) is 2.43. The van der Waals surface area contributed by atoms with Crippen molar-refractivity contribution in [1.29, 1.82) is 0 Å². The zero-order valence-corrected chi connectivity index (χ0v) is 41.9. The molecular formula is C55H66F2N10O5. The van der Waals surface area contributed by atoms with Crippen LogP contribution in [0.1, 0.15) is 87.2 Å². The number of pyridine rings is 1. The summed E-state index contributed by atoms with van der Waals surface area (Å²) >= 11 is 0. The summed E-state index contributed by atoms with van der Waals surface area (Å²) in [5.74, 6) is 1.69. The van der Waals surface area contributed by atoms with Crippen molar-refractivity contribution in [2.75, 3.05) is 88.9 Å². The highest BCUT2D eigenvalue weighted by Crippen LogP contribution is 2.47. The molecule has 0 spiro atoms. The second-order valence-electron chi connectivity index (χ2n) is 20.1. The molecule has 5 aromatic rings. The van der Waals surface area contributed by atoms with Gasteiger partial charge >= 0.3 is 6.01 Å². The number of terminal acetylenes is 1. The molecule has 2 unspecified atom stereocenters. The lowest BCUT2D eigenvalue weighted by Gasteiger charge is -2.40. The number of piperidine rings is 1. The molecule has 3 N–H and O–H groups in total. The Morgan fingerprint density at radius 2 is 1.81 bits per heavy atom. The third-order valence-electron chi connectivity index (χ3n) is 15.4. The number of likely N-dealkylation sites (N-methyl/N-ethyl adjacent to an activating group) is 2. The molecule has 17 heteroatoms. The highest BCUT2D eigenvalue weighted by Gasteiger charge is 2.46. The fraction of sp³-hybridized carbons (Fsp3) is 0.491. The quantitative estimate of drug-likeness (QED) is 0.0558. The number of aromatic nitrogens is 3. The van der Waals surface area contributed by atoms with Crippen LogP contribution in [-0.2, 0) is 16.1 Å². The van der Waals surface area contributed by atoms with E-state index in [1.807, 2.05) is 27.0 Å². The third-order valence-corrected chi connectivity index (χ3v) is 15.4. The van der Waals surface area contributed by atoms with Gasteiger partial charge in [0, 0.05) is 112 Å². The van der Waals surface area contributed by atoms with Gasteiger partial charge in [-0.25, -0.2) is 8.78 Å². The van der Waals surface area contributed by atoms with Gasteiger partial charge in [0.05, 0.1) is 17.7 Å². The van der Waals surface area contributed by atoms with Gasteiger partial charge < -0.3 is 39.7 Å². The first-order chi connectivity index (χ1) is 34.9. The van der Waals surface area contributed by atoms with E-state index in [0.29, 0.717) is 102 Å². The lowest BCUT2D eigenvalue weighted by molar-refractivity contribution is -0.129. The minimum Gasteiger partial charge on any atom is -0.508 e. The lowest BCUT2D eigenvalue weighted by atomic mass is 9.95. The van der Waals surface area contributed by atoms with Crippen molar-refractivity contribution in [3.63, 3.8) is 0 Å². The summed E-state index contributed by atoms with van der Waals surface area (Å²) in [4.78, 5) is 62.0. The predicted molar refractivity (Wildman–Crippen MR) is 275 cm³/mol. The smallest absolute Gasteiger partial charge is 0.319 e. The molecule has 9 rings (SSSR count). The predicted octanol–water partition coefficient (Wildman–Crippen LogP) is 6.72. The number of nitrogens with one attached hydrogen (secondary N) is 2. The van der Waals surface area contributed by atoms with E-state index in [1.165, 1.54) is 17.0 Å². The third kappa shape index (κ3) is 10.4. The van der Waals surface area contributed by atoms with E-state index >= 15 is 8.78 Å². The van der Waals surface area contributed by atoms with E-state index in [4.69, 9.17) is 21.1 Å². The maximum atomic E-state index is 17.2. The largest absolute Gasteiger partial charge is 0.508 e. The summed E-state index contributed by atoms with van der Waals surface area (Å²) in [6, 6.07) is 11.1. The summed E-state index contributed by atoms with van der Waals surface area (Å²) in [7, 11) is 1.93. The Kier molecular flexibility index (Phi) is 15.2. The Hall–Kier alpha value is -6.48. The number of halogens is 2. The van der Waals surface area contributed by atoms with Gasteiger partial charge in [0.1, 0.15) is 34.6 Å². The Balaban J connectivity index is 0.829. The Morgan fingerprint density at radius 1 is 1.04 bits per heavy atom. The molecule has 1 aliphatic carbocycles. The molecule has 3 aromatic carbocycles. The molecule has 0 bridgehead atoms. The van der Waals surface area contributed by atoms with E-state index in [9.17, 15) is 19.5 Å². The number of carbonyl (C=O) groups is 3. The van der Waals surface area contributed by atoms with Gasteiger partial charge in [-0.05, 0) is 99.7 Å². The van der Waals surface area contributed by atoms with E-state index in [2.05, 4.69) is 48.1 Å². The van der Waals surface area contributed by atoms with Gasteiger partial charge in [-0.2, -0.15) is 9.97 Å². The van der Waals surface area contributed by atoms with Crippen molar-refractivity contribution in [2.24, 2.45) is 11.3 Å². The Labute approximate surface area is 420 Å². The van der Waals surface area contributed by atoms with Gasteiger partial charge in [-0.15, -0.1) is 6.42 Å². The highest BCUT2D eigenvalue weighted by atomic mass is 19.1. The van der Waals surface area contributed by atoms with E-state index < -0.39 is 29.5 Å². The first-order valence-corrected chi connectivity index (χ1v) is 25.6. The number of rotatable bonds is 20. The first kappa shape index (κ1) is 50.5. The molecule has 1 saturated carbocycles. The van der Waals surface area contributed by atoms with Crippen LogP contribution < -0.4 is 25.2 Å². The van der Waals surface area contributed by atoms with Crippen molar-refractivity contribution in [2.45, 2.75) is 84.3 Å². The van der Waals surface area contributed by atoms with Crippen LogP contribution in [0.15, 0.2) is 48.7 Å². The summed E-state index contributed by atoms with van der Waals surface area (Å²) < 4.78 is 39.3. The van der Waals surface area contributed by atoms with Crippen LogP contribution in [0.3, 0.4) is 0 Å². The van der Waals surface area contributed by atoms with Crippen molar-refractivity contribution >= 4 is 51.4 Å². The van der Waals surface area contributed by atoms with E-state index in [1.54, 1.807) is 30.5 Å². The van der Waals surface area contributed by atoms with E-state index in [0.717, 1.165) is 71.4 Å². The molecule has 4 aliphatic rings. The summed E-state index contributed by atoms with van der Waals surface area (Å²) in [6.07, 6.45) is 13.6. The lowest BCUT2D eigenvalue weighted by Crippen LogP contribution is -2.50. The number of ether oxygens (including phenoxy) is 1. The minimum absolute atomic E-state index is 0.0245. The molecule has 0 radical (unpaired) electrons. The number of benzene rings is 3. The molecule has 3 aliphatic heterocycles. The van der Waals surface area contributed by atoms with Gasteiger partial charge in [0.25, 0.3) is 5.91 Å². The number of aromatic hydroxyl groups is 1. The molecule has 380 valence electrons. The number of nitrogens with zero attached hydrogens (tertiary/aromatic N) is 8. The van der Waals surface area contributed by atoms with Crippen molar-refractivity contribution in [3.05, 3.63) is 77.0 Å². The summed E-state index contributed by atoms with van der Waals surface area (Å²) in [6.45, 7) is 15.0. The number of phenolic OH excluding ortho intramolecular Hbond substituents is 1. The molecule has 3 fully saturated rings. The molecule has 5 heterocycles. The number of fused-ring (bicyclic) bond motifs is 3. The number of amides is 3. The number of carbonyl (C=O) groups excluding carboxylic acids is 3. The van der Waals surface area contributed by atoms with Crippen LogP contribution in [0, 0.1) is 35.3 Å². The first-order valence-electron chi connectivity index (χ1n) is 25.6. The fourth-order valence-electron chi connectivity index (χ4n) is 11.1. The Morgan fingerprint density at radius 3 is 2.49 bits per heavy atom. The number of imide groups is 1. The maximum absolute atomic E-state index is 17.2. The van der Waals surface area contributed by atoms with Crippen LogP contribution in [0.25, 0.3) is 32.9 Å². The van der Waals surface area contributed by atoms with Gasteiger partial charge in [-0.3, -0.25) is 24.7 Å². The Bertz CT molecular complexity index is 2870. The normalized spacial score (nSPS) is 18.0. The van der Waals surface area contributed by atoms with Crippen LogP contribution in [0.4, 0.5) is 20.3 Å². The van der Waals surface area contributed by atoms with Crippen LogP contribution in [0.5, 0.6) is 11.8 Å². The van der Waals surface area contributed by atoms with Crippen molar-refractivity contribution in [3.8, 4) is 35.4 Å². The standard InChI is InChI=1S/C55H66F2N10O5/c1-6-11-45(52(70)60-34-68)67-30-38-25-46(44(56)27-41(38)53(67)71)66-18-14-35(15-19-66)29-63-20-22-64(23-21-63)32-55(16-17-55)33-72-54-61-50-43(51(62-54)65(9-4)31-39(8-3)58-5)28-59-49(48(50)57)42-26-40(69)24-37-13-10-12-36(7-2)47(37)42/h2,10,12-13,24-28,34-35,39,45,58,69H,6,8-9,11,14-23,29-33H2,1,3-5H3,(H,60,68,70). The monoisotopic (exact) mass is 985 g/mol. The van der Waals surface area contributed by atoms with Crippen LogP contribution in [-0.4, -0.2) is 144 Å². The van der Waals surface area contributed by atoms with Crippen molar-refractivity contribution in [1.82, 2.24) is 40.3 Å². The topological polar surface area (TPSA) is 160 Å². The highest BCUT2D eigenvalue weighted by molar-refractivity contribution is 6.04. The molecule has 3 amide bonds. The van der Waals surface area contributed by atoms with Gasteiger partial charge in [0.15, 0.2) is 5.82 Å². The number of piperazine rings is 1. The van der Waals surface area contributed by atoms with Gasteiger partial charge in [-0.1, -0.05) is 38.3 Å². The molecular weight excluding hydrogens is 919 g/mol. The average molecular weight is 985 g/mol. The molecule has 15 nitrogen and oxygen atoms in total.